The minimum absolute atomic E-state index is 0.0630. The zero-order valence-electron chi connectivity index (χ0n) is 13.8. The van der Waals surface area contributed by atoms with Crippen LogP contribution in [-0.2, 0) is 15.2 Å². The Morgan fingerprint density at radius 2 is 2.13 bits per heavy atom. The number of carbonyl (C=O) groups is 2. The van der Waals surface area contributed by atoms with Crippen LogP contribution >= 0.6 is 11.3 Å². The van der Waals surface area contributed by atoms with Crippen LogP contribution in [0.4, 0.5) is 0 Å². The number of amides is 2. The molecular formula is C17H26N2O3S. The van der Waals surface area contributed by atoms with Crippen molar-refractivity contribution in [2.75, 3.05) is 6.54 Å². The normalized spacial score (nSPS) is 19.1. The van der Waals surface area contributed by atoms with Crippen molar-refractivity contribution in [1.29, 1.82) is 0 Å². The summed E-state index contributed by atoms with van der Waals surface area (Å²) in [7, 11) is 0. The molecule has 0 aliphatic heterocycles. The van der Waals surface area contributed by atoms with E-state index < -0.39 is 5.60 Å². The van der Waals surface area contributed by atoms with Gasteiger partial charge in [0, 0.05) is 18.4 Å². The first kappa shape index (κ1) is 17.9. The van der Waals surface area contributed by atoms with E-state index in [4.69, 9.17) is 0 Å². The molecule has 2 amide bonds. The first-order chi connectivity index (χ1) is 10.9. The molecule has 128 valence electrons. The average molecular weight is 338 g/mol. The number of nitrogens with one attached hydrogen (secondary N) is 2. The third-order valence-electron chi connectivity index (χ3n) is 4.38. The SMILES string of the molecule is CC(CC(=O)NCC(C)(O)c1ccsc1)NC(=O)C1CCCC1. The Balaban J connectivity index is 1.72. The second-order valence-electron chi connectivity index (χ2n) is 6.66. The van der Waals surface area contributed by atoms with E-state index in [2.05, 4.69) is 10.6 Å². The van der Waals surface area contributed by atoms with Gasteiger partial charge in [-0.2, -0.15) is 11.3 Å². The largest absolute Gasteiger partial charge is 0.384 e. The minimum Gasteiger partial charge on any atom is -0.384 e. The Morgan fingerprint density at radius 1 is 1.43 bits per heavy atom. The Morgan fingerprint density at radius 3 is 2.74 bits per heavy atom. The lowest BCUT2D eigenvalue weighted by Crippen LogP contribution is -2.42. The maximum Gasteiger partial charge on any atom is 0.223 e. The van der Waals surface area contributed by atoms with E-state index in [-0.39, 0.29) is 36.7 Å². The summed E-state index contributed by atoms with van der Waals surface area (Å²) in [6.07, 6.45) is 4.36. The first-order valence-electron chi connectivity index (χ1n) is 8.20. The predicted octanol–water partition coefficient (Wildman–Crippen LogP) is 2.16. The zero-order valence-corrected chi connectivity index (χ0v) is 14.6. The van der Waals surface area contributed by atoms with Crippen molar-refractivity contribution in [3.05, 3.63) is 22.4 Å². The fourth-order valence-corrected chi connectivity index (χ4v) is 3.68. The monoisotopic (exact) mass is 338 g/mol. The number of hydrogen-bond donors (Lipinski definition) is 3. The maximum atomic E-state index is 12.0. The molecule has 2 rings (SSSR count). The van der Waals surface area contributed by atoms with Gasteiger partial charge >= 0.3 is 0 Å². The van der Waals surface area contributed by atoms with Gasteiger partial charge in [-0.05, 0) is 49.1 Å². The molecule has 23 heavy (non-hydrogen) atoms. The Labute approximate surface area is 141 Å². The van der Waals surface area contributed by atoms with Gasteiger partial charge in [-0.1, -0.05) is 12.8 Å². The lowest BCUT2D eigenvalue weighted by atomic mass is 9.99. The van der Waals surface area contributed by atoms with E-state index in [1.165, 1.54) is 11.3 Å². The van der Waals surface area contributed by atoms with E-state index in [1.807, 2.05) is 23.8 Å². The smallest absolute Gasteiger partial charge is 0.223 e. The second-order valence-corrected chi connectivity index (χ2v) is 7.44. The van der Waals surface area contributed by atoms with Gasteiger partial charge < -0.3 is 15.7 Å². The van der Waals surface area contributed by atoms with Crippen LogP contribution in [0.5, 0.6) is 0 Å². The van der Waals surface area contributed by atoms with Gasteiger partial charge in [0.25, 0.3) is 0 Å². The molecule has 5 nitrogen and oxygen atoms in total. The molecule has 0 spiro atoms. The van der Waals surface area contributed by atoms with Crippen molar-refractivity contribution in [3.63, 3.8) is 0 Å². The highest BCUT2D eigenvalue weighted by Gasteiger charge is 2.26. The second kappa shape index (κ2) is 7.93. The molecule has 2 atom stereocenters. The van der Waals surface area contributed by atoms with Gasteiger partial charge in [0.15, 0.2) is 0 Å². The number of carbonyl (C=O) groups excluding carboxylic acids is 2. The van der Waals surface area contributed by atoms with Crippen LogP contribution < -0.4 is 10.6 Å². The summed E-state index contributed by atoms with van der Waals surface area (Å²) in [6.45, 7) is 3.68. The Bertz CT molecular complexity index is 522. The zero-order chi connectivity index (χ0) is 16.9. The van der Waals surface area contributed by atoms with E-state index in [1.54, 1.807) is 6.92 Å². The summed E-state index contributed by atoms with van der Waals surface area (Å²) in [4.78, 5) is 24.0. The molecule has 1 aliphatic carbocycles. The number of hydrogen-bond acceptors (Lipinski definition) is 4. The van der Waals surface area contributed by atoms with E-state index in [9.17, 15) is 14.7 Å². The molecule has 1 heterocycles. The summed E-state index contributed by atoms with van der Waals surface area (Å²) in [5.41, 5.74) is -0.281. The summed E-state index contributed by atoms with van der Waals surface area (Å²) >= 11 is 1.51. The van der Waals surface area contributed by atoms with E-state index >= 15 is 0 Å². The fourth-order valence-electron chi connectivity index (χ4n) is 2.89. The highest BCUT2D eigenvalue weighted by molar-refractivity contribution is 7.08. The van der Waals surface area contributed by atoms with Gasteiger partial charge in [0.2, 0.25) is 11.8 Å². The number of thiophene rings is 1. The predicted molar refractivity (Wildman–Crippen MR) is 91.1 cm³/mol. The molecule has 0 saturated heterocycles. The van der Waals surface area contributed by atoms with Crippen LogP contribution in [0.3, 0.4) is 0 Å². The van der Waals surface area contributed by atoms with Crippen LogP contribution in [0.25, 0.3) is 0 Å². The van der Waals surface area contributed by atoms with Crippen molar-refractivity contribution in [2.24, 2.45) is 5.92 Å². The van der Waals surface area contributed by atoms with Gasteiger partial charge in [0.05, 0.1) is 6.54 Å². The number of aliphatic hydroxyl groups is 1. The van der Waals surface area contributed by atoms with Crippen LogP contribution in [0.15, 0.2) is 16.8 Å². The van der Waals surface area contributed by atoms with E-state index in [0.717, 1.165) is 31.2 Å². The first-order valence-corrected chi connectivity index (χ1v) is 9.15. The lowest BCUT2D eigenvalue weighted by Gasteiger charge is -2.23. The van der Waals surface area contributed by atoms with Crippen LogP contribution in [0.2, 0.25) is 0 Å². The minimum atomic E-state index is -1.08. The standard InChI is InChI=1S/C17H26N2O3S/c1-12(19-16(21)13-5-3-4-6-13)9-15(20)18-11-17(2,22)14-7-8-23-10-14/h7-8,10,12-13,22H,3-6,9,11H2,1-2H3,(H,18,20)(H,19,21). The third kappa shape index (κ3) is 5.32. The summed E-state index contributed by atoms with van der Waals surface area (Å²) in [6, 6.07) is 1.65. The van der Waals surface area contributed by atoms with Crippen molar-refractivity contribution in [3.8, 4) is 0 Å². The number of rotatable bonds is 7. The average Bonchev–Trinajstić information content (AvgIpc) is 3.17. The summed E-state index contributed by atoms with van der Waals surface area (Å²) in [5, 5.41) is 19.8. The Kier molecular flexibility index (Phi) is 6.18. The molecule has 1 aliphatic rings. The molecule has 1 fully saturated rings. The quantitative estimate of drug-likeness (QED) is 0.713. The van der Waals surface area contributed by atoms with Crippen molar-refractivity contribution < 1.29 is 14.7 Å². The molecule has 1 aromatic heterocycles. The van der Waals surface area contributed by atoms with Crippen molar-refractivity contribution in [1.82, 2.24) is 10.6 Å². The molecular weight excluding hydrogens is 312 g/mol. The van der Waals surface area contributed by atoms with Crippen molar-refractivity contribution in [2.45, 2.75) is 57.6 Å². The fraction of sp³-hybridized carbons (Fsp3) is 0.647. The van der Waals surface area contributed by atoms with Crippen molar-refractivity contribution >= 4 is 23.2 Å². The third-order valence-corrected chi connectivity index (χ3v) is 5.06. The van der Waals surface area contributed by atoms with Crippen LogP contribution in [0.1, 0.15) is 51.5 Å². The highest BCUT2D eigenvalue weighted by Crippen LogP contribution is 2.25. The topological polar surface area (TPSA) is 78.4 Å². The molecule has 0 bridgehead atoms. The molecule has 0 aromatic carbocycles. The van der Waals surface area contributed by atoms with Gasteiger partial charge in [-0.25, -0.2) is 0 Å². The molecule has 2 unspecified atom stereocenters. The molecule has 6 heteroatoms. The van der Waals surface area contributed by atoms with Crippen LogP contribution in [0, 0.1) is 5.92 Å². The Hall–Kier alpha value is -1.40. The molecule has 3 N–H and O–H groups in total. The van der Waals surface area contributed by atoms with Gasteiger partial charge in [-0.3, -0.25) is 9.59 Å². The molecule has 0 radical (unpaired) electrons. The highest BCUT2D eigenvalue weighted by atomic mass is 32.1. The molecule has 1 aromatic rings. The molecule has 1 saturated carbocycles. The maximum absolute atomic E-state index is 12.0. The van der Waals surface area contributed by atoms with Crippen LogP contribution in [-0.4, -0.2) is 29.5 Å². The van der Waals surface area contributed by atoms with Gasteiger partial charge in [-0.15, -0.1) is 0 Å². The summed E-state index contributed by atoms with van der Waals surface area (Å²) in [5.74, 6) is 0.00707. The summed E-state index contributed by atoms with van der Waals surface area (Å²) < 4.78 is 0. The van der Waals surface area contributed by atoms with Gasteiger partial charge in [0.1, 0.15) is 5.60 Å². The lowest BCUT2D eigenvalue weighted by molar-refractivity contribution is -0.126. The van der Waals surface area contributed by atoms with E-state index in [0.29, 0.717) is 0 Å².